The fourth-order valence-electron chi connectivity index (χ4n) is 2.86. The van der Waals surface area contributed by atoms with Crippen LogP contribution in [0.4, 0.5) is 0 Å². The number of para-hydroxylation sites is 1. The molecule has 1 unspecified atom stereocenters. The van der Waals surface area contributed by atoms with E-state index in [0.29, 0.717) is 5.92 Å². The molecule has 3 nitrogen and oxygen atoms in total. The van der Waals surface area contributed by atoms with Crippen LogP contribution in [0.2, 0.25) is 0 Å². The third-order valence-corrected chi connectivity index (χ3v) is 5.17. The number of furan rings is 1. The van der Waals surface area contributed by atoms with Crippen molar-refractivity contribution in [3.8, 4) is 11.5 Å². The molecule has 21 heavy (non-hydrogen) atoms. The normalized spacial score (nSPS) is 16.5. The minimum Gasteiger partial charge on any atom is -0.454 e. The molecule has 0 bridgehead atoms. The zero-order valence-corrected chi connectivity index (χ0v) is 12.8. The first-order valence-electron chi connectivity index (χ1n) is 7.49. The summed E-state index contributed by atoms with van der Waals surface area (Å²) < 4.78 is 6.05. The van der Waals surface area contributed by atoms with Crippen molar-refractivity contribution in [2.45, 2.75) is 32.2 Å². The summed E-state index contributed by atoms with van der Waals surface area (Å²) in [7, 11) is 0. The van der Waals surface area contributed by atoms with Gasteiger partial charge in [0.2, 0.25) is 0 Å². The number of thiazole rings is 1. The van der Waals surface area contributed by atoms with Gasteiger partial charge in [-0.05, 0) is 31.2 Å². The molecule has 1 aliphatic carbocycles. The number of nitrogens with zero attached hydrogens (tertiary/aromatic N) is 1. The van der Waals surface area contributed by atoms with E-state index in [4.69, 9.17) is 15.1 Å². The van der Waals surface area contributed by atoms with E-state index in [-0.39, 0.29) is 6.04 Å². The maximum atomic E-state index is 6.25. The van der Waals surface area contributed by atoms with E-state index in [0.717, 1.165) is 28.5 Å². The molecule has 3 aromatic rings. The van der Waals surface area contributed by atoms with Gasteiger partial charge in [0, 0.05) is 16.3 Å². The second kappa shape index (κ2) is 4.97. The second-order valence-electron chi connectivity index (χ2n) is 5.69. The van der Waals surface area contributed by atoms with Crippen molar-refractivity contribution in [2.75, 3.05) is 0 Å². The van der Waals surface area contributed by atoms with Crippen LogP contribution in [0.3, 0.4) is 0 Å². The molecule has 1 fully saturated rings. The summed E-state index contributed by atoms with van der Waals surface area (Å²) in [5.74, 6) is 1.54. The molecule has 0 spiro atoms. The molecule has 4 heteroatoms. The van der Waals surface area contributed by atoms with E-state index >= 15 is 0 Å². The average Bonchev–Trinajstić information content (AvgIpc) is 3.12. The molecule has 0 amide bonds. The van der Waals surface area contributed by atoms with Gasteiger partial charge in [0.1, 0.15) is 16.3 Å². The van der Waals surface area contributed by atoms with Crippen molar-refractivity contribution in [2.24, 2.45) is 11.7 Å². The molecular weight excluding hydrogens is 280 g/mol. The third-order valence-electron chi connectivity index (χ3n) is 4.22. The maximum Gasteiger partial charge on any atom is 0.157 e. The highest BCUT2D eigenvalue weighted by molar-refractivity contribution is 7.10. The molecule has 1 atom stereocenters. The summed E-state index contributed by atoms with van der Waals surface area (Å²) >= 11 is 1.65. The van der Waals surface area contributed by atoms with Crippen LogP contribution < -0.4 is 5.73 Å². The van der Waals surface area contributed by atoms with Gasteiger partial charge >= 0.3 is 0 Å². The van der Waals surface area contributed by atoms with Crippen molar-refractivity contribution in [3.05, 3.63) is 40.2 Å². The highest BCUT2D eigenvalue weighted by Gasteiger charge is 2.31. The molecule has 108 valence electrons. The van der Waals surface area contributed by atoms with Gasteiger partial charge in [0.15, 0.2) is 5.76 Å². The fraction of sp³-hybridized carbons (Fsp3) is 0.353. The van der Waals surface area contributed by atoms with Crippen LogP contribution in [0.25, 0.3) is 22.4 Å². The van der Waals surface area contributed by atoms with E-state index in [1.165, 1.54) is 23.8 Å². The molecule has 2 N–H and O–H groups in total. The Morgan fingerprint density at radius 1 is 1.38 bits per heavy atom. The lowest BCUT2D eigenvalue weighted by Crippen LogP contribution is -2.11. The van der Waals surface area contributed by atoms with Gasteiger partial charge in [0.05, 0.1) is 6.04 Å². The third kappa shape index (κ3) is 2.19. The van der Waals surface area contributed by atoms with Crippen LogP contribution in [-0.4, -0.2) is 4.98 Å². The first kappa shape index (κ1) is 13.0. The minimum atomic E-state index is 0.0956. The van der Waals surface area contributed by atoms with Crippen LogP contribution in [0.5, 0.6) is 0 Å². The standard InChI is InChI=1S/C17H18N2OS/c1-2-11-12-5-3-4-6-14(12)20-16(11)13-9-21-17(19-13)15(18)10-7-8-10/h3-6,9-10,15H,2,7-8,18H2,1H3. The lowest BCUT2D eigenvalue weighted by Gasteiger charge is -2.04. The van der Waals surface area contributed by atoms with Gasteiger partial charge in [-0.15, -0.1) is 11.3 Å². The largest absolute Gasteiger partial charge is 0.454 e. The summed E-state index contributed by atoms with van der Waals surface area (Å²) in [4.78, 5) is 4.75. The Kier molecular flexibility index (Phi) is 3.08. The Balaban J connectivity index is 1.79. The van der Waals surface area contributed by atoms with E-state index in [1.807, 2.05) is 12.1 Å². The number of fused-ring (bicyclic) bond motifs is 1. The van der Waals surface area contributed by atoms with Gasteiger partial charge in [-0.1, -0.05) is 25.1 Å². The van der Waals surface area contributed by atoms with Crippen molar-refractivity contribution >= 4 is 22.3 Å². The Morgan fingerprint density at radius 2 is 2.19 bits per heavy atom. The van der Waals surface area contributed by atoms with Crippen LogP contribution in [-0.2, 0) is 6.42 Å². The minimum absolute atomic E-state index is 0.0956. The van der Waals surface area contributed by atoms with E-state index in [9.17, 15) is 0 Å². The predicted molar refractivity (Wildman–Crippen MR) is 86.4 cm³/mol. The molecule has 1 aliphatic rings. The van der Waals surface area contributed by atoms with Gasteiger partial charge in [-0.25, -0.2) is 4.98 Å². The van der Waals surface area contributed by atoms with E-state index < -0.39 is 0 Å². The number of hydrogen-bond donors (Lipinski definition) is 1. The zero-order valence-electron chi connectivity index (χ0n) is 12.0. The molecule has 1 aromatic carbocycles. The second-order valence-corrected chi connectivity index (χ2v) is 6.58. The zero-order chi connectivity index (χ0) is 14.4. The number of benzene rings is 1. The SMILES string of the molecule is CCc1c(-c2csc(C(N)C3CC3)n2)oc2ccccc12. The van der Waals surface area contributed by atoms with Crippen molar-refractivity contribution in [1.29, 1.82) is 0 Å². The Morgan fingerprint density at radius 3 is 2.95 bits per heavy atom. The highest BCUT2D eigenvalue weighted by Crippen LogP contribution is 2.42. The summed E-state index contributed by atoms with van der Waals surface area (Å²) in [6.07, 6.45) is 3.41. The average molecular weight is 298 g/mol. The predicted octanol–water partition coefficient (Wildman–Crippen LogP) is 4.53. The first-order chi connectivity index (χ1) is 10.3. The van der Waals surface area contributed by atoms with Crippen molar-refractivity contribution in [3.63, 3.8) is 0 Å². The molecule has 0 radical (unpaired) electrons. The summed E-state index contributed by atoms with van der Waals surface area (Å²) in [5, 5.41) is 4.31. The van der Waals surface area contributed by atoms with Crippen molar-refractivity contribution in [1.82, 2.24) is 4.98 Å². The number of nitrogens with two attached hydrogens (primary N) is 1. The van der Waals surface area contributed by atoms with Gasteiger partial charge in [0.25, 0.3) is 0 Å². The first-order valence-corrected chi connectivity index (χ1v) is 8.37. The van der Waals surface area contributed by atoms with E-state index in [2.05, 4.69) is 24.4 Å². The number of aromatic nitrogens is 1. The van der Waals surface area contributed by atoms with Gasteiger partial charge in [-0.3, -0.25) is 0 Å². The van der Waals surface area contributed by atoms with Crippen LogP contribution in [0, 0.1) is 5.92 Å². The monoisotopic (exact) mass is 298 g/mol. The quantitative estimate of drug-likeness (QED) is 0.770. The lowest BCUT2D eigenvalue weighted by molar-refractivity contribution is 0.616. The van der Waals surface area contributed by atoms with Crippen LogP contribution in [0.1, 0.15) is 36.4 Å². The van der Waals surface area contributed by atoms with Crippen LogP contribution >= 0.6 is 11.3 Å². The Bertz CT molecular complexity index is 785. The van der Waals surface area contributed by atoms with Crippen molar-refractivity contribution < 1.29 is 4.42 Å². The topological polar surface area (TPSA) is 52.0 Å². The molecular formula is C17H18N2OS. The Hall–Kier alpha value is -1.65. The molecule has 2 aromatic heterocycles. The summed E-state index contributed by atoms with van der Waals surface area (Å²) in [5.41, 5.74) is 9.36. The summed E-state index contributed by atoms with van der Waals surface area (Å²) in [6, 6.07) is 8.28. The maximum absolute atomic E-state index is 6.25. The summed E-state index contributed by atoms with van der Waals surface area (Å²) in [6.45, 7) is 2.16. The Labute approximate surface area is 127 Å². The molecule has 0 saturated heterocycles. The van der Waals surface area contributed by atoms with Gasteiger partial charge < -0.3 is 10.2 Å². The molecule has 0 aliphatic heterocycles. The fourth-order valence-corrected chi connectivity index (χ4v) is 3.75. The number of aryl methyl sites for hydroxylation is 1. The number of hydrogen-bond acceptors (Lipinski definition) is 4. The van der Waals surface area contributed by atoms with Crippen LogP contribution in [0.15, 0.2) is 34.1 Å². The van der Waals surface area contributed by atoms with E-state index in [1.54, 1.807) is 11.3 Å². The smallest absolute Gasteiger partial charge is 0.157 e. The lowest BCUT2D eigenvalue weighted by atomic mass is 10.1. The number of rotatable bonds is 4. The molecule has 4 rings (SSSR count). The molecule has 2 heterocycles. The highest BCUT2D eigenvalue weighted by atomic mass is 32.1. The molecule has 1 saturated carbocycles. The van der Waals surface area contributed by atoms with Gasteiger partial charge in [-0.2, -0.15) is 0 Å².